The summed E-state index contributed by atoms with van der Waals surface area (Å²) in [6.45, 7) is 1.26. The van der Waals surface area contributed by atoms with Crippen molar-refractivity contribution in [2.24, 2.45) is 0 Å². The number of rotatable bonds is 4. The predicted molar refractivity (Wildman–Crippen MR) is 59.9 cm³/mol. The summed E-state index contributed by atoms with van der Waals surface area (Å²) in [6, 6.07) is 8.99. The Morgan fingerprint density at radius 1 is 1.25 bits per heavy atom. The highest BCUT2D eigenvalue weighted by molar-refractivity contribution is 5.53. The molecule has 0 aliphatic heterocycles. The van der Waals surface area contributed by atoms with Gasteiger partial charge in [0.2, 0.25) is 0 Å². The number of ether oxygens (including phenoxy) is 1. The Balaban J connectivity index is 2.81. The quantitative estimate of drug-likeness (QED) is 0.761. The third kappa shape index (κ3) is 2.98. The average Bonchev–Trinajstić information content (AvgIpc) is 2.28. The van der Waals surface area contributed by atoms with E-state index in [1.807, 2.05) is 31.1 Å². The summed E-state index contributed by atoms with van der Waals surface area (Å²) in [7, 11) is 3.89. The van der Waals surface area contributed by atoms with Crippen LogP contribution in [-0.4, -0.2) is 32.1 Å². The van der Waals surface area contributed by atoms with Crippen LogP contribution in [0.15, 0.2) is 18.2 Å². The second-order valence-electron chi connectivity index (χ2n) is 3.55. The lowest BCUT2D eigenvalue weighted by Crippen LogP contribution is -2.19. The van der Waals surface area contributed by atoms with Gasteiger partial charge in [0.05, 0.1) is 5.56 Å². The largest absolute Gasteiger partial charge is 0.491 e. The number of likely N-dealkylation sites (N-methyl/N-ethyl adjacent to an activating group) is 1. The molecular formula is C12H13N3O. The van der Waals surface area contributed by atoms with Crippen molar-refractivity contribution in [3.8, 4) is 17.9 Å². The van der Waals surface area contributed by atoms with Gasteiger partial charge in [-0.15, -0.1) is 0 Å². The molecule has 0 radical (unpaired) electrons. The van der Waals surface area contributed by atoms with E-state index in [2.05, 4.69) is 0 Å². The maximum Gasteiger partial charge on any atom is 0.138 e. The van der Waals surface area contributed by atoms with E-state index in [9.17, 15) is 0 Å². The number of nitriles is 2. The molecule has 0 spiro atoms. The first-order valence-electron chi connectivity index (χ1n) is 4.89. The van der Waals surface area contributed by atoms with E-state index < -0.39 is 0 Å². The monoisotopic (exact) mass is 215 g/mol. The highest BCUT2D eigenvalue weighted by Crippen LogP contribution is 2.20. The summed E-state index contributed by atoms with van der Waals surface area (Å²) in [6.07, 6.45) is 0. The van der Waals surface area contributed by atoms with Crippen molar-refractivity contribution in [2.75, 3.05) is 27.2 Å². The van der Waals surface area contributed by atoms with Gasteiger partial charge in [0.1, 0.15) is 30.1 Å². The van der Waals surface area contributed by atoms with Gasteiger partial charge in [0.15, 0.2) is 0 Å². The van der Waals surface area contributed by atoms with Crippen LogP contribution in [0.25, 0.3) is 0 Å². The first kappa shape index (κ1) is 12.0. The molecular weight excluding hydrogens is 202 g/mol. The first-order valence-corrected chi connectivity index (χ1v) is 4.89. The summed E-state index contributed by atoms with van der Waals surface area (Å²) >= 11 is 0. The second kappa shape index (κ2) is 5.75. The third-order valence-electron chi connectivity index (χ3n) is 2.05. The van der Waals surface area contributed by atoms with Crippen molar-refractivity contribution in [3.05, 3.63) is 29.3 Å². The van der Waals surface area contributed by atoms with Crippen LogP contribution in [0.4, 0.5) is 0 Å². The van der Waals surface area contributed by atoms with Crippen molar-refractivity contribution in [3.63, 3.8) is 0 Å². The summed E-state index contributed by atoms with van der Waals surface area (Å²) in [5.41, 5.74) is 0.661. The van der Waals surface area contributed by atoms with E-state index in [-0.39, 0.29) is 0 Å². The molecule has 0 heterocycles. The smallest absolute Gasteiger partial charge is 0.138 e. The zero-order valence-corrected chi connectivity index (χ0v) is 9.40. The van der Waals surface area contributed by atoms with Gasteiger partial charge in [-0.05, 0) is 26.2 Å². The van der Waals surface area contributed by atoms with Crippen molar-refractivity contribution in [1.29, 1.82) is 10.5 Å². The Morgan fingerprint density at radius 3 is 2.56 bits per heavy atom. The minimum atomic E-state index is 0.309. The maximum atomic E-state index is 8.95. The van der Waals surface area contributed by atoms with Gasteiger partial charge in [0.25, 0.3) is 0 Å². The molecule has 0 aromatic heterocycles. The topological polar surface area (TPSA) is 60.0 Å². The molecule has 1 rings (SSSR count). The van der Waals surface area contributed by atoms with Gasteiger partial charge in [-0.2, -0.15) is 10.5 Å². The minimum absolute atomic E-state index is 0.309. The van der Waals surface area contributed by atoms with E-state index in [1.165, 1.54) is 0 Å². The van der Waals surface area contributed by atoms with E-state index >= 15 is 0 Å². The van der Waals surface area contributed by atoms with Crippen LogP contribution in [0, 0.1) is 22.7 Å². The molecule has 0 aliphatic carbocycles. The molecule has 1 aromatic carbocycles. The Labute approximate surface area is 95.3 Å². The molecule has 0 N–H and O–H groups in total. The summed E-state index contributed by atoms with van der Waals surface area (Å²) < 4.78 is 5.47. The molecule has 0 atom stereocenters. The zero-order valence-electron chi connectivity index (χ0n) is 9.40. The van der Waals surface area contributed by atoms with E-state index in [4.69, 9.17) is 15.3 Å². The molecule has 0 amide bonds. The molecule has 82 valence electrons. The van der Waals surface area contributed by atoms with E-state index in [1.54, 1.807) is 18.2 Å². The molecule has 0 unspecified atom stereocenters. The van der Waals surface area contributed by atoms with E-state index in [0.717, 1.165) is 6.54 Å². The highest BCUT2D eigenvalue weighted by Gasteiger charge is 2.08. The van der Waals surface area contributed by atoms with Crippen LogP contribution in [0.5, 0.6) is 5.75 Å². The van der Waals surface area contributed by atoms with Gasteiger partial charge >= 0.3 is 0 Å². The molecule has 4 nitrogen and oxygen atoms in total. The summed E-state index contributed by atoms with van der Waals surface area (Å²) in [5.74, 6) is 0.475. The van der Waals surface area contributed by atoms with Gasteiger partial charge in [-0.3, -0.25) is 0 Å². The standard InChI is InChI=1S/C12H13N3O/c1-15(2)6-7-16-12-5-3-4-10(8-13)11(12)9-14/h3-5H,6-7H2,1-2H3. The molecule has 16 heavy (non-hydrogen) atoms. The maximum absolute atomic E-state index is 8.95. The summed E-state index contributed by atoms with van der Waals surface area (Å²) in [5, 5.41) is 17.8. The SMILES string of the molecule is CN(C)CCOc1cccc(C#N)c1C#N. The van der Waals surface area contributed by atoms with Crippen LogP contribution in [0.2, 0.25) is 0 Å². The molecule has 0 bridgehead atoms. The normalized spacial score (nSPS) is 9.56. The third-order valence-corrected chi connectivity index (χ3v) is 2.05. The van der Waals surface area contributed by atoms with E-state index in [0.29, 0.717) is 23.5 Å². The molecule has 4 heteroatoms. The van der Waals surface area contributed by atoms with Crippen LogP contribution < -0.4 is 4.74 Å². The lowest BCUT2D eigenvalue weighted by molar-refractivity contribution is 0.261. The van der Waals surface area contributed by atoms with Crippen molar-refractivity contribution in [2.45, 2.75) is 0 Å². The fraction of sp³-hybridized carbons (Fsp3) is 0.333. The molecule has 0 saturated heterocycles. The zero-order chi connectivity index (χ0) is 12.0. The summed E-state index contributed by atoms with van der Waals surface area (Å²) in [4.78, 5) is 1.99. The Bertz CT molecular complexity index is 441. The molecule has 0 fully saturated rings. The predicted octanol–water partition coefficient (Wildman–Crippen LogP) is 1.37. The fourth-order valence-electron chi connectivity index (χ4n) is 1.20. The van der Waals surface area contributed by atoms with Gasteiger partial charge < -0.3 is 9.64 Å². The molecule has 1 aromatic rings. The van der Waals surface area contributed by atoms with Crippen molar-refractivity contribution < 1.29 is 4.74 Å². The van der Waals surface area contributed by atoms with Gasteiger partial charge in [-0.1, -0.05) is 6.07 Å². The van der Waals surface area contributed by atoms with Crippen molar-refractivity contribution >= 4 is 0 Å². The van der Waals surface area contributed by atoms with Crippen LogP contribution in [-0.2, 0) is 0 Å². The number of benzene rings is 1. The van der Waals surface area contributed by atoms with Crippen LogP contribution in [0.3, 0.4) is 0 Å². The highest BCUT2D eigenvalue weighted by atomic mass is 16.5. The average molecular weight is 215 g/mol. The first-order chi connectivity index (χ1) is 7.69. The molecule has 0 aliphatic rings. The Hall–Kier alpha value is -2.04. The second-order valence-corrected chi connectivity index (χ2v) is 3.55. The van der Waals surface area contributed by atoms with Crippen LogP contribution in [0.1, 0.15) is 11.1 Å². The minimum Gasteiger partial charge on any atom is -0.491 e. The lowest BCUT2D eigenvalue weighted by Gasteiger charge is -2.12. The van der Waals surface area contributed by atoms with Crippen LogP contribution >= 0.6 is 0 Å². The van der Waals surface area contributed by atoms with Crippen molar-refractivity contribution in [1.82, 2.24) is 4.90 Å². The Kier molecular flexibility index (Phi) is 4.32. The number of nitrogens with zero attached hydrogens (tertiary/aromatic N) is 3. The number of hydrogen-bond donors (Lipinski definition) is 0. The lowest BCUT2D eigenvalue weighted by atomic mass is 10.1. The number of hydrogen-bond acceptors (Lipinski definition) is 4. The van der Waals surface area contributed by atoms with Gasteiger partial charge in [0, 0.05) is 6.54 Å². The van der Waals surface area contributed by atoms with Gasteiger partial charge in [-0.25, -0.2) is 0 Å². The Morgan fingerprint density at radius 2 is 2.00 bits per heavy atom. The molecule has 0 saturated carbocycles. The fourth-order valence-corrected chi connectivity index (χ4v) is 1.20.